The van der Waals surface area contributed by atoms with Gasteiger partial charge in [-0.2, -0.15) is 0 Å². The number of alkyl halides is 1. The van der Waals surface area contributed by atoms with E-state index < -0.39 is 11.3 Å². The van der Waals surface area contributed by atoms with Gasteiger partial charge >= 0.3 is 5.97 Å². The van der Waals surface area contributed by atoms with Gasteiger partial charge < -0.3 is 4.74 Å². The first-order valence-electron chi connectivity index (χ1n) is 3.23. The van der Waals surface area contributed by atoms with E-state index in [1.165, 1.54) is 7.11 Å². The summed E-state index contributed by atoms with van der Waals surface area (Å²) in [6, 6.07) is 1.56. The molecular weight excluding hydrogens is 255 g/mol. The normalized spacial score (nSPS) is 12.6. The van der Waals surface area contributed by atoms with E-state index in [4.69, 9.17) is 34.8 Å². The molecule has 0 spiro atoms. The van der Waals surface area contributed by atoms with Crippen molar-refractivity contribution in [2.24, 2.45) is 0 Å². The van der Waals surface area contributed by atoms with Crippen LogP contribution in [0.1, 0.15) is 10.9 Å². The van der Waals surface area contributed by atoms with Gasteiger partial charge in [0.1, 0.15) is 0 Å². The Bertz CT molecular complexity index is 324. The van der Waals surface area contributed by atoms with Gasteiger partial charge in [0.05, 0.1) is 15.8 Å². The summed E-state index contributed by atoms with van der Waals surface area (Å²) in [7, 11) is 1.26. The van der Waals surface area contributed by atoms with Crippen LogP contribution < -0.4 is 0 Å². The van der Waals surface area contributed by atoms with Gasteiger partial charge in [-0.05, 0) is 6.07 Å². The molecule has 1 atom stereocenters. The monoisotopic (exact) mass is 258 g/mol. The van der Waals surface area contributed by atoms with Crippen molar-refractivity contribution in [1.29, 1.82) is 0 Å². The molecule has 1 rings (SSSR count). The Morgan fingerprint density at radius 2 is 2.23 bits per heavy atom. The molecule has 0 N–H and O–H groups in total. The second-order valence-corrected chi connectivity index (χ2v) is 4.89. The van der Waals surface area contributed by atoms with E-state index in [2.05, 4.69) is 4.74 Å². The first-order chi connectivity index (χ1) is 6.06. The number of esters is 1. The fraction of sp³-hybridized carbons (Fsp3) is 0.286. The van der Waals surface area contributed by atoms with E-state index in [1.54, 1.807) is 6.07 Å². The molecule has 0 aliphatic carbocycles. The standard InChI is InChI=1S/C7H5Cl3O2S/c1-12-7(11)5(9)3-2-4(8)13-6(3)10/h2,5H,1H3. The summed E-state index contributed by atoms with van der Waals surface area (Å²) in [6.07, 6.45) is 0. The van der Waals surface area contributed by atoms with Crippen molar-refractivity contribution in [1.82, 2.24) is 0 Å². The van der Waals surface area contributed by atoms with Crippen LogP contribution in [0.25, 0.3) is 0 Å². The van der Waals surface area contributed by atoms with E-state index in [1.807, 2.05) is 0 Å². The lowest BCUT2D eigenvalue weighted by atomic mass is 10.2. The number of methoxy groups -OCH3 is 1. The molecule has 13 heavy (non-hydrogen) atoms. The molecule has 1 aromatic heterocycles. The third-order valence-electron chi connectivity index (χ3n) is 1.36. The lowest BCUT2D eigenvalue weighted by molar-refractivity contribution is -0.140. The van der Waals surface area contributed by atoms with E-state index in [-0.39, 0.29) is 0 Å². The molecule has 0 aromatic carbocycles. The van der Waals surface area contributed by atoms with Crippen LogP contribution in [-0.2, 0) is 9.53 Å². The van der Waals surface area contributed by atoms with Gasteiger partial charge in [0.25, 0.3) is 0 Å². The Morgan fingerprint density at radius 1 is 1.62 bits per heavy atom. The predicted octanol–water partition coefficient (Wildman–Crippen LogP) is 3.51. The summed E-state index contributed by atoms with van der Waals surface area (Å²) in [5.74, 6) is -0.543. The molecule has 0 aliphatic rings. The van der Waals surface area contributed by atoms with Crippen LogP contribution in [0.5, 0.6) is 0 Å². The van der Waals surface area contributed by atoms with Crippen LogP contribution >= 0.6 is 46.1 Å². The number of hydrogen-bond acceptors (Lipinski definition) is 3. The molecule has 2 nitrogen and oxygen atoms in total. The summed E-state index contributed by atoms with van der Waals surface area (Å²) in [5.41, 5.74) is 0.491. The lowest BCUT2D eigenvalue weighted by Crippen LogP contribution is -2.07. The Morgan fingerprint density at radius 3 is 2.62 bits per heavy atom. The maximum Gasteiger partial charge on any atom is 0.328 e. The molecule has 0 radical (unpaired) electrons. The second-order valence-electron chi connectivity index (χ2n) is 2.17. The lowest BCUT2D eigenvalue weighted by Gasteiger charge is -2.04. The fourth-order valence-corrected chi connectivity index (χ4v) is 2.67. The molecule has 72 valence electrons. The zero-order valence-electron chi connectivity index (χ0n) is 6.51. The summed E-state index contributed by atoms with van der Waals surface area (Å²) in [5, 5.41) is -0.888. The van der Waals surface area contributed by atoms with Gasteiger partial charge in [-0.3, -0.25) is 4.79 Å². The highest BCUT2D eigenvalue weighted by Crippen LogP contribution is 2.37. The number of ether oxygens (including phenoxy) is 1. The van der Waals surface area contributed by atoms with Crippen LogP contribution in [0.2, 0.25) is 8.67 Å². The molecular formula is C7H5Cl3O2S. The summed E-state index contributed by atoms with van der Waals surface area (Å²) < 4.78 is 5.37. The van der Waals surface area contributed by atoms with Gasteiger partial charge in [-0.15, -0.1) is 22.9 Å². The predicted molar refractivity (Wildman–Crippen MR) is 54.9 cm³/mol. The SMILES string of the molecule is COC(=O)C(Cl)c1cc(Cl)sc1Cl. The van der Waals surface area contributed by atoms with Gasteiger partial charge in [-0.1, -0.05) is 23.2 Å². The zero-order chi connectivity index (χ0) is 10.0. The topological polar surface area (TPSA) is 26.3 Å². The van der Waals surface area contributed by atoms with Gasteiger partial charge in [0, 0.05) is 5.56 Å². The van der Waals surface area contributed by atoms with Crippen molar-refractivity contribution < 1.29 is 9.53 Å². The Balaban J connectivity index is 2.94. The van der Waals surface area contributed by atoms with Gasteiger partial charge in [0.15, 0.2) is 5.38 Å². The Hall–Kier alpha value is 0.0400. The first kappa shape index (κ1) is 11.1. The summed E-state index contributed by atoms with van der Waals surface area (Å²) in [6.45, 7) is 0. The number of thiophene rings is 1. The quantitative estimate of drug-likeness (QED) is 0.600. The van der Waals surface area contributed by atoms with E-state index in [0.717, 1.165) is 11.3 Å². The average molecular weight is 260 g/mol. The number of rotatable bonds is 2. The largest absolute Gasteiger partial charge is 0.468 e. The maximum absolute atomic E-state index is 11.0. The minimum Gasteiger partial charge on any atom is -0.468 e. The van der Waals surface area contributed by atoms with Crippen LogP contribution in [0.15, 0.2) is 6.07 Å². The molecule has 6 heteroatoms. The molecule has 0 bridgehead atoms. The molecule has 0 saturated heterocycles. The average Bonchev–Trinajstić information content (AvgIpc) is 2.42. The van der Waals surface area contributed by atoms with Crippen molar-refractivity contribution >= 4 is 52.1 Å². The third kappa shape index (κ3) is 2.50. The fourth-order valence-electron chi connectivity index (χ4n) is 0.756. The molecule has 0 saturated carbocycles. The van der Waals surface area contributed by atoms with Crippen LogP contribution in [0, 0.1) is 0 Å². The highest BCUT2D eigenvalue weighted by atomic mass is 35.5. The van der Waals surface area contributed by atoms with Crippen LogP contribution in [-0.4, -0.2) is 13.1 Å². The summed E-state index contributed by atoms with van der Waals surface area (Å²) in [4.78, 5) is 11.0. The van der Waals surface area contributed by atoms with Gasteiger partial charge in [-0.25, -0.2) is 0 Å². The molecule has 1 heterocycles. The maximum atomic E-state index is 11.0. The van der Waals surface area contributed by atoms with E-state index in [9.17, 15) is 4.79 Å². The van der Waals surface area contributed by atoms with E-state index in [0.29, 0.717) is 14.2 Å². The second kappa shape index (κ2) is 4.51. The van der Waals surface area contributed by atoms with Crippen molar-refractivity contribution in [2.45, 2.75) is 5.38 Å². The number of halogens is 3. The minimum atomic E-state index is -0.888. The summed E-state index contributed by atoms with van der Waals surface area (Å²) >= 11 is 18.4. The van der Waals surface area contributed by atoms with Crippen molar-refractivity contribution in [2.75, 3.05) is 7.11 Å². The van der Waals surface area contributed by atoms with E-state index >= 15 is 0 Å². The molecule has 0 amide bonds. The number of carbonyl (C=O) groups excluding carboxylic acids is 1. The molecule has 1 unspecified atom stereocenters. The number of carbonyl (C=O) groups is 1. The third-order valence-corrected chi connectivity index (χ3v) is 3.30. The number of hydrogen-bond donors (Lipinski definition) is 0. The molecule has 0 fully saturated rings. The van der Waals surface area contributed by atoms with Crippen LogP contribution in [0.4, 0.5) is 0 Å². The Labute approximate surface area is 94.4 Å². The smallest absolute Gasteiger partial charge is 0.328 e. The van der Waals surface area contributed by atoms with Crippen LogP contribution in [0.3, 0.4) is 0 Å². The molecule has 0 aliphatic heterocycles. The minimum absolute atomic E-state index is 0.412. The van der Waals surface area contributed by atoms with Gasteiger partial charge in [0.2, 0.25) is 0 Å². The van der Waals surface area contributed by atoms with Crippen molar-refractivity contribution in [3.05, 3.63) is 20.3 Å². The zero-order valence-corrected chi connectivity index (χ0v) is 9.60. The first-order valence-corrected chi connectivity index (χ1v) is 5.23. The Kier molecular flexibility index (Phi) is 3.86. The highest BCUT2D eigenvalue weighted by molar-refractivity contribution is 7.20. The molecule has 1 aromatic rings. The highest BCUT2D eigenvalue weighted by Gasteiger charge is 2.22. The van der Waals surface area contributed by atoms with Crippen molar-refractivity contribution in [3.8, 4) is 0 Å². The van der Waals surface area contributed by atoms with Crippen molar-refractivity contribution in [3.63, 3.8) is 0 Å².